The van der Waals surface area contributed by atoms with E-state index in [1.807, 2.05) is 24.3 Å². The molecule has 0 atom stereocenters. The maximum Gasteiger partial charge on any atom is 0.276 e. The normalized spacial score (nSPS) is 12.2. The van der Waals surface area contributed by atoms with Crippen molar-refractivity contribution in [3.05, 3.63) is 77.4 Å². The first kappa shape index (κ1) is 16.7. The van der Waals surface area contributed by atoms with Gasteiger partial charge in [-0.25, -0.2) is 4.40 Å². The molecule has 0 saturated carbocycles. The number of fused-ring (bicyclic) bond motifs is 1. The van der Waals surface area contributed by atoms with Crippen molar-refractivity contribution in [2.75, 3.05) is 0 Å². The minimum atomic E-state index is -0.179. The third-order valence-electron chi connectivity index (χ3n) is 3.61. The molecule has 0 amide bonds. The van der Waals surface area contributed by atoms with Gasteiger partial charge in [-0.05, 0) is 29.8 Å². The molecule has 0 aliphatic carbocycles. The van der Waals surface area contributed by atoms with Gasteiger partial charge in [0.1, 0.15) is 0 Å². The fourth-order valence-electron chi connectivity index (χ4n) is 2.44. The summed E-state index contributed by atoms with van der Waals surface area (Å²) in [5.74, 6) is 0.505. The van der Waals surface area contributed by atoms with Gasteiger partial charge in [0, 0.05) is 20.1 Å². The molecule has 124 valence electrons. The van der Waals surface area contributed by atoms with E-state index < -0.39 is 0 Å². The number of benzene rings is 2. The molecule has 0 spiro atoms. The number of rotatable bonds is 2. The SMILES string of the molecule is O=c1/c(=C/c2ccc(Cl)cc2Cl)sc2nnc(-c3ccccc3Br)n12. The average Bonchev–Trinajstić information content (AvgIpc) is 3.12. The zero-order chi connectivity index (χ0) is 17.6. The van der Waals surface area contributed by atoms with Crippen LogP contribution in [0.2, 0.25) is 10.0 Å². The molecule has 2 aromatic carbocycles. The standard InChI is InChI=1S/C17H8BrCl2N3OS/c18-12-4-2-1-3-11(12)15-21-22-17-23(15)16(24)14(25-17)7-9-5-6-10(19)8-13(9)20/h1-8H/b14-7-. The van der Waals surface area contributed by atoms with Gasteiger partial charge in [-0.1, -0.05) is 74.7 Å². The number of thiazole rings is 1. The van der Waals surface area contributed by atoms with E-state index in [9.17, 15) is 4.79 Å². The van der Waals surface area contributed by atoms with Crippen LogP contribution in [-0.2, 0) is 0 Å². The fourth-order valence-corrected chi connectivity index (χ4v) is 4.27. The summed E-state index contributed by atoms with van der Waals surface area (Å²) < 4.78 is 2.89. The number of halogens is 3. The van der Waals surface area contributed by atoms with Crippen LogP contribution in [0.4, 0.5) is 0 Å². The van der Waals surface area contributed by atoms with Crippen LogP contribution in [0.15, 0.2) is 51.7 Å². The predicted octanol–water partition coefficient (Wildman–Crippen LogP) is 4.44. The Morgan fingerprint density at radius 3 is 2.68 bits per heavy atom. The van der Waals surface area contributed by atoms with E-state index >= 15 is 0 Å². The van der Waals surface area contributed by atoms with Crippen molar-refractivity contribution in [2.24, 2.45) is 0 Å². The number of hydrogen-bond acceptors (Lipinski definition) is 4. The van der Waals surface area contributed by atoms with Gasteiger partial charge < -0.3 is 0 Å². The maximum absolute atomic E-state index is 12.9. The van der Waals surface area contributed by atoms with Crippen LogP contribution >= 0.6 is 50.5 Å². The van der Waals surface area contributed by atoms with Crippen LogP contribution in [0.5, 0.6) is 0 Å². The molecule has 2 heterocycles. The van der Waals surface area contributed by atoms with Gasteiger partial charge in [0.25, 0.3) is 5.56 Å². The van der Waals surface area contributed by atoms with Crippen LogP contribution in [0.25, 0.3) is 22.4 Å². The van der Waals surface area contributed by atoms with E-state index in [-0.39, 0.29) is 5.56 Å². The molecule has 2 aromatic heterocycles. The van der Waals surface area contributed by atoms with Gasteiger partial charge in [0.05, 0.1) is 4.53 Å². The molecule has 25 heavy (non-hydrogen) atoms. The molecule has 4 nitrogen and oxygen atoms in total. The Balaban J connectivity index is 1.94. The maximum atomic E-state index is 12.9. The Bertz CT molecular complexity index is 1220. The number of aromatic nitrogens is 3. The molecule has 4 rings (SSSR count). The van der Waals surface area contributed by atoms with Crippen molar-refractivity contribution in [3.8, 4) is 11.4 Å². The molecule has 8 heteroatoms. The van der Waals surface area contributed by atoms with Gasteiger partial charge in [-0.15, -0.1) is 10.2 Å². The summed E-state index contributed by atoms with van der Waals surface area (Å²) in [5, 5.41) is 9.33. The quantitative estimate of drug-likeness (QED) is 0.451. The van der Waals surface area contributed by atoms with Crippen LogP contribution in [0.1, 0.15) is 5.56 Å². The van der Waals surface area contributed by atoms with E-state index in [2.05, 4.69) is 26.1 Å². The second kappa shape index (κ2) is 6.53. The summed E-state index contributed by atoms with van der Waals surface area (Å²) in [7, 11) is 0. The Labute approximate surface area is 164 Å². The summed E-state index contributed by atoms with van der Waals surface area (Å²) in [5.41, 5.74) is 1.35. The topological polar surface area (TPSA) is 47.3 Å². The zero-order valence-electron chi connectivity index (χ0n) is 12.4. The summed E-state index contributed by atoms with van der Waals surface area (Å²) in [6.45, 7) is 0. The van der Waals surface area contributed by atoms with Gasteiger partial charge in [0.15, 0.2) is 5.82 Å². The molecule has 4 aromatic rings. The first-order chi connectivity index (χ1) is 12.0. The number of nitrogens with zero attached hydrogens (tertiary/aromatic N) is 3. The van der Waals surface area contributed by atoms with Crippen molar-refractivity contribution in [3.63, 3.8) is 0 Å². The van der Waals surface area contributed by atoms with E-state index in [1.54, 1.807) is 24.3 Å². The Kier molecular flexibility index (Phi) is 4.37. The Morgan fingerprint density at radius 2 is 1.92 bits per heavy atom. The lowest BCUT2D eigenvalue weighted by molar-refractivity contribution is 1.09. The number of hydrogen-bond donors (Lipinski definition) is 0. The minimum Gasteiger partial charge on any atom is -0.267 e. The van der Waals surface area contributed by atoms with E-state index in [4.69, 9.17) is 23.2 Å². The van der Waals surface area contributed by atoms with Gasteiger partial charge in [-0.2, -0.15) is 0 Å². The van der Waals surface area contributed by atoms with Crippen LogP contribution in [0.3, 0.4) is 0 Å². The lowest BCUT2D eigenvalue weighted by Gasteiger charge is -1.99. The van der Waals surface area contributed by atoms with Crippen LogP contribution in [0, 0.1) is 0 Å². The summed E-state index contributed by atoms with van der Waals surface area (Å²) >= 11 is 16.9. The molecular formula is C17H8BrCl2N3OS. The third-order valence-corrected chi connectivity index (χ3v) is 5.83. The molecule has 0 aliphatic rings. The highest BCUT2D eigenvalue weighted by molar-refractivity contribution is 9.10. The average molecular weight is 453 g/mol. The largest absolute Gasteiger partial charge is 0.276 e. The fraction of sp³-hybridized carbons (Fsp3) is 0. The molecule has 0 unspecified atom stereocenters. The molecular weight excluding hydrogens is 445 g/mol. The Hall–Kier alpha value is -1.73. The van der Waals surface area contributed by atoms with Gasteiger partial charge in [-0.3, -0.25) is 4.79 Å². The third kappa shape index (κ3) is 3.00. The van der Waals surface area contributed by atoms with Crippen molar-refractivity contribution in [1.82, 2.24) is 14.6 Å². The summed E-state index contributed by atoms with van der Waals surface area (Å²) in [6, 6.07) is 12.7. The molecule has 0 bridgehead atoms. The minimum absolute atomic E-state index is 0.179. The second-order valence-corrected chi connectivity index (χ2v) is 7.91. The monoisotopic (exact) mass is 451 g/mol. The van der Waals surface area contributed by atoms with Crippen molar-refractivity contribution >= 4 is 61.5 Å². The van der Waals surface area contributed by atoms with E-state index in [0.29, 0.717) is 25.4 Å². The van der Waals surface area contributed by atoms with Crippen molar-refractivity contribution < 1.29 is 0 Å². The second-order valence-electron chi connectivity index (χ2n) is 5.20. The molecule has 0 fully saturated rings. The first-order valence-electron chi connectivity index (χ1n) is 7.14. The highest BCUT2D eigenvalue weighted by atomic mass is 79.9. The van der Waals surface area contributed by atoms with E-state index in [1.165, 1.54) is 15.7 Å². The van der Waals surface area contributed by atoms with Crippen LogP contribution in [-0.4, -0.2) is 14.6 Å². The van der Waals surface area contributed by atoms with E-state index in [0.717, 1.165) is 15.6 Å². The Morgan fingerprint density at radius 1 is 1.12 bits per heavy atom. The van der Waals surface area contributed by atoms with Crippen molar-refractivity contribution in [2.45, 2.75) is 0 Å². The zero-order valence-corrected chi connectivity index (χ0v) is 16.3. The highest BCUT2D eigenvalue weighted by Gasteiger charge is 2.16. The highest BCUT2D eigenvalue weighted by Crippen LogP contribution is 2.26. The van der Waals surface area contributed by atoms with Crippen molar-refractivity contribution in [1.29, 1.82) is 0 Å². The molecule has 0 radical (unpaired) electrons. The molecule has 0 N–H and O–H groups in total. The van der Waals surface area contributed by atoms with Gasteiger partial charge >= 0.3 is 0 Å². The predicted molar refractivity (Wildman–Crippen MR) is 106 cm³/mol. The summed E-state index contributed by atoms with van der Waals surface area (Å²) in [6.07, 6.45) is 1.74. The van der Waals surface area contributed by atoms with Gasteiger partial charge in [0.2, 0.25) is 4.96 Å². The lowest BCUT2D eigenvalue weighted by atomic mass is 10.2. The summed E-state index contributed by atoms with van der Waals surface area (Å²) in [4.78, 5) is 13.4. The first-order valence-corrected chi connectivity index (χ1v) is 9.51. The molecule has 0 saturated heterocycles. The van der Waals surface area contributed by atoms with Crippen LogP contribution < -0.4 is 10.1 Å². The lowest BCUT2D eigenvalue weighted by Crippen LogP contribution is -2.23. The smallest absolute Gasteiger partial charge is 0.267 e. The molecule has 0 aliphatic heterocycles.